The van der Waals surface area contributed by atoms with Crippen LogP contribution in [0.5, 0.6) is 5.75 Å². The van der Waals surface area contributed by atoms with Gasteiger partial charge in [-0.2, -0.15) is 0 Å². The molecule has 1 aromatic rings. The molecule has 0 aliphatic carbocycles. The zero-order valence-corrected chi connectivity index (χ0v) is 14.0. The highest BCUT2D eigenvalue weighted by Crippen LogP contribution is 2.23. The average Bonchev–Trinajstić information content (AvgIpc) is 2.94. The minimum atomic E-state index is 0.120. The number of benzene rings is 1. The summed E-state index contributed by atoms with van der Waals surface area (Å²) < 4.78 is 11.0. The molecule has 1 aromatic carbocycles. The number of carbonyl (C=O) groups is 1. The van der Waals surface area contributed by atoms with Crippen LogP contribution in [0, 0.1) is 0 Å². The van der Waals surface area contributed by atoms with Crippen LogP contribution in [0.25, 0.3) is 0 Å². The quantitative estimate of drug-likeness (QED) is 0.896. The van der Waals surface area contributed by atoms with E-state index >= 15 is 0 Å². The highest BCUT2D eigenvalue weighted by molar-refractivity contribution is 5.76. The fourth-order valence-electron chi connectivity index (χ4n) is 3.60. The number of rotatable bonds is 5. The number of aryl methyl sites for hydroxylation is 1. The zero-order chi connectivity index (χ0) is 16.2. The Labute approximate surface area is 137 Å². The van der Waals surface area contributed by atoms with Gasteiger partial charge in [0.25, 0.3) is 0 Å². The summed E-state index contributed by atoms with van der Waals surface area (Å²) in [6.45, 7) is 4.81. The predicted octanol–water partition coefficient (Wildman–Crippen LogP) is 1.61. The molecule has 5 heteroatoms. The number of morpholine rings is 1. The van der Waals surface area contributed by atoms with Gasteiger partial charge in [0.1, 0.15) is 5.75 Å². The predicted molar refractivity (Wildman–Crippen MR) is 88.6 cm³/mol. The van der Waals surface area contributed by atoms with E-state index in [-0.39, 0.29) is 11.9 Å². The van der Waals surface area contributed by atoms with E-state index in [1.54, 1.807) is 7.11 Å². The SMILES string of the molecule is COc1ccccc1CCC(=O)N[C@@H]1C[C@H]2CO[C@H](C)CN2C1. The van der Waals surface area contributed by atoms with Crippen molar-refractivity contribution in [3.05, 3.63) is 29.8 Å². The summed E-state index contributed by atoms with van der Waals surface area (Å²) in [5.41, 5.74) is 1.08. The topological polar surface area (TPSA) is 50.8 Å². The highest BCUT2D eigenvalue weighted by atomic mass is 16.5. The third kappa shape index (κ3) is 4.03. The number of ether oxygens (including phenoxy) is 2. The maximum atomic E-state index is 12.2. The van der Waals surface area contributed by atoms with Crippen molar-refractivity contribution in [1.82, 2.24) is 10.2 Å². The van der Waals surface area contributed by atoms with Crippen molar-refractivity contribution in [2.24, 2.45) is 0 Å². The van der Waals surface area contributed by atoms with Crippen LogP contribution >= 0.6 is 0 Å². The van der Waals surface area contributed by atoms with Crippen molar-refractivity contribution in [3.63, 3.8) is 0 Å². The van der Waals surface area contributed by atoms with Gasteiger partial charge < -0.3 is 14.8 Å². The lowest BCUT2D eigenvalue weighted by molar-refractivity contribution is -0.121. The maximum absolute atomic E-state index is 12.2. The molecule has 2 fully saturated rings. The molecule has 3 atom stereocenters. The van der Waals surface area contributed by atoms with E-state index < -0.39 is 0 Å². The minimum Gasteiger partial charge on any atom is -0.496 e. The average molecular weight is 318 g/mol. The lowest BCUT2D eigenvalue weighted by Crippen LogP contribution is -2.45. The second-order valence-electron chi connectivity index (χ2n) is 6.56. The van der Waals surface area contributed by atoms with Crippen molar-refractivity contribution < 1.29 is 14.3 Å². The van der Waals surface area contributed by atoms with E-state index in [1.807, 2.05) is 24.3 Å². The Morgan fingerprint density at radius 3 is 3.04 bits per heavy atom. The van der Waals surface area contributed by atoms with Gasteiger partial charge >= 0.3 is 0 Å². The number of fused-ring (bicyclic) bond motifs is 1. The zero-order valence-electron chi connectivity index (χ0n) is 14.0. The van der Waals surface area contributed by atoms with Crippen LogP contribution in [0.4, 0.5) is 0 Å². The molecule has 0 bridgehead atoms. The fourth-order valence-corrected chi connectivity index (χ4v) is 3.60. The smallest absolute Gasteiger partial charge is 0.220 e. The van der Waals surface area contributed by atoms with Crippen molar-refractivity contribution in [2.75, 3.05) is 26.8 Å². The van der Waals surface area contributed by atoms with Gasteiger partial charge in [-0.25, -0.2) is 0 Å². The van der Waals surface area contributed by atoms with Crippen LogP contribution in [0.1, 0.15) is 25.3 Å². The Balaban J connectivity index is 1.47. The van der Waals surface area contributed by atoms with E-state index in [4.69, 9.17) is 9.47 Å². The molecule has 0 spiro atoms. The van der Waals surface area contributed by atoms with Crippen LogP contribution in [0.2, 0.25) is 0 Å². The van der Waals surface area contributed by atoms with Crippen molar-refractivity contribution in [2.45, 2.75) is 44.4 Å². The molecule has 5 nitrogen and oxygen atoms in total. The van der Waals surface area contributed by atoms with Gasteiger partial charge in [0.05, 0.1) is 19.8 Å². The van der Waals surface area contributed by atoms with E-state index in [0.29, 0.717) is 25.0 Å². The molecule has 23 heavy (non-hydrogen) atoms. The molecule has 2 heterocycles. The normalized spacial score (nSPS) is 27.5. The first-order valence-electron chi connectivity index (χ1n) is 8.42. The van der Waals surface area contributed by atoms with Gasteiger partial charge in [0, 0.05) is 31.6 Å². The fraction of sp³-hybridized carbons (Fsp3) is 0.611. The molecule has 3 rings (SSSR count). The van der Waals surface area contributed by atoms with Crippen molar-refractivity contribution in [3.8, 4) is 5.75 Å². The second kappa shape index (κ2) is 7.32. The molecule has 0 unspecified atom stereocenters. The second-order valence-corrected chi connectivity index (χ2v) is 6.56. The number of nitrogens with zero attached hydrogens (tertiary/aromatic N) is 1. The van der Waals surface area contributed by atoms with E-state index in [2.05, 4.69) is 17.1 Å². The molecular formula is C18H26N2O3. The van der Waals surface area contributed by atoms with Crippen LogP contribution in [-0.4, -0.2) is 55.8 Å². The Morgan fingerprint density at radius 2 is 2.22 bits per heavy atom. The molecule has 0 aromatic heterocycles. The first kappa shape index (κ1) is 16.3. The Hall–Kier alpha value is -1.59. The molecule has 2 aliphatic heterocycles. The van der Waals surface area contributed by atoms with Gasteiger partial charge in [0.15, 0.2) is 0 Å². The summed E-state index contributed by atoms with van der Waals surface area (Å²) in [7, 11) is 1.66. The maximum Gasteiger partial charge on any atom is 0.220 e. The molecule has 1 N–H and O–H groups in total. The molecule has 0 radical (unpaired) electrons. The summed E-state index contributed by atoms with van der Waals surface area (Å²) in [6.07, 6.45) is 2.49. The molecule has 1 amide bonds. The number of hydrogen-bond acceptors (Lipinski definition) is 4. The van der Waals surface area contributed by atoms with Crippen LogP contribution in [0.15, 0.2) is 24.3 Å². The largest absolute Gasteiger partial charge is 0.496 e. The lowest BCUT2D eigenvalue weighted by atomic mass is 10.1. The van der Waals surface area contributed by atoms with Crippen molar-refractivity contribution >= 4 is 5.91 Å². The first-order chi connectivity index (χ1) is 11.2. The Bertz CT molecular complexity index is 549. The van der Waals surface area contributed by atoms with Gasteiger partial charge in [-0.05, 0) is 31.4 Å². The molecule has 2 aliphatic rings. The number of nitrogens with one attached hydrogen (secondary N) is 1. The number of amides is 1. The summed E-state index contributed by atoms with van der Waals surface area (Å²) in [6, 6.07) is 8.58. The summed E-state index contributed by atoms with van der Waals surface area (Å²) in [5.74, 6) is 0.971. The molecule has 126 valence electrons. The molecular weight excluding hydrogens is 292 g/mol. The number of para-hydroxylation sites is 1. The monoisotopic (exact) mass is 318 g/mol. The number of methoxy groups -OCH3 is 1. The van der Waals surface area contributed by atoms with Crippen LogP contribution in [0.3, 0.4) is 0 Å². The van der Waals surface area contributed by atoms with Crippen molar-refractivity contribution in [1.29, 1.82) is 0 Å². The summed E-state index contributed by atoms with van der Waals surface area (Å²) in [4.78, 5) is 14.7. The van der Waals surface area contributed by atoms with Gasteiger partial charge in [-0.3, -0.25) is 9.69 Å². The van der Waals surface area contributed by atoms with E-state index in [0.717, 1.165) is 37.4 Å². The van der Waals surface area contributed by atoms with E-state index in [1.165, 1.54) is 0 Å². The third-order valence-corrected chi connectivity index (χ3v) is 4.77. The number of hydrogen-bond donors (Lipinski definition) is 1. The first-order valence-corrected chi connectivity index (χ1v) is 8.42. The van der Waals surface area contributed by atoms with E-state index in [9.17, 15) is 4.79 Å². The number of carbonyl (C=O) groups excluding carboxylic acids is 1. The lowest BCUT2D eigenvalue weighted by Gasteiger charge is -2.33. The minimum absolute atomic E-state index is 0.120. The van der Waals surface area contributed by atoms with Gasteiger partial charge in [0.2, 0.25) is 5.91 Å². The Kier molecular flexibility index (Phi) is 5.18. The molecule has 2 saturated heterocycles. The Morgan fingerprint density at radius 1 is 1.39 bits per heavy atom. The summed E-state index contributed by atoms with van der Waals surface area (Å²) >= 11 is 0. The van der Waals surface area contributed by atoms with Gasteiger partial charge in [-0.15, -0.1) is 0 Å². The summed E-state index contributed by atoms with van der Waals surface area (Å²) in [5, 5.41) is 3.18. The highest BCUT2D eigenvalue weighted by Gasteiger charge is 2.36. The van der Waals surface area contributed by atoms with Crippen LogP contribution in [-0.2, 0) is 16.0 Å². The standard InChI is InChI=1S/C18H26N2O3/c1-13-10-20-11-15(9-16(20)12-23-13)19-18(21)8-7-14-5-3-4-6-17(14)22-2/h3-6,13,15-16H,7-12H2,1-2H3,(H,19,21)/t13-,15-,16+/m1/s1. The van der Waals surface area contributed by atoms with Gasteiger partial charge in [-0.1, -0.05) is 18.2 Å². The third-order valence-electron chi connectivity index (χ3n) is 4.77. The van der Waals surface area contributed by atoms with Crippen LogP contribution < -0.4 is 10.1 Å². The molecule has 0 saturated carbocycles.